The van der Waals surface area contributed by atoms with E-state index < -0.39 is 0 Å². The van der Waals surface area contributed by atoms with Gasteiger partial charge in [0, 0.05) is 25.5 Å². The fourth-order valence-corrected chi connectivity index (χ4v) is 3.62. The summed E-state index contributed by atoms with van der Waals surface area (Å²) in [6.07, 6.45) is 5.55. The summed E-state index contributed by atoms with van der Waals surface area (Å²) in [4.78, 5) is 21.3. The van der Waals surface area contributed by atoms with E-state index in [0.717, 1.165) is 37.1 Å². The Labute approximate surface area is 162 Å². The Hall–Kier alpha value is -2.24. The third kappa shape index (κ3) is 5.15. The zero-order chi connectivity index (χ0) is 19.2. The number of likely N-dealkylation sites (N-methyl/N-ethyl adjacent to an activating group) is 1. The Bertz CT molecular complexity index is 740. The maximum absolute atomic E-state index is 13.2. The number of piperidine rings is 1. The molecule has 1 unspecified atom stereocenters. The van der Waals surface area contributed by atoms with E-state index in [9.17, 15) is 4.79 Å². The fourth-order valence-electron chi connectivity index (χ4n) is 3.62. The van der Waals surface area contributed by atoms with Gasteiger partial charge >= 0.3 is 0 Å². The number of amides is 1. The molecule has 1 saturated heterocycles. The number of carbonyl (C=O) groups excluding carboxylic acids is 1. The lowest BCUT2D eigenvalue weighted by atomic mass is 10.0. The zero-order valence-corrected chi connectivity index (χ0v) is 16.5. The molecule has 1 aliphatic heterocycles. The highest BCUT2D eigenvalue weighted by Crippen LogP contribution is 2.25. The van der Waals surface area contributed by atoms with E-state index in [0.29, 0.717) is 6.61 Å². The summed E-state index contributed by atoms with van der Waals surface area (Å²) in [6, 6.07) is 11.9. The first kappa shape index (κ1) is 19.5. The summed E-state index contributed by atoms with van der Waals surface area (Å²) in [7, 11) is 3.93. The van der Waals surface area contributed by atoms with E-state index in [1.807, 2.05) is 54.4 Å². The van der Waals surface area contributed by atoms with Crippen molar-refractivity contribution in [1.29, 1.82) is 0 Å². The van der Waals surface area contributed by atoms with Gasteiger partial charge in [-0.15, -0.1) is 0 Å². The molecule has 5 heteroatoms. The van der Waals surface area contributed by atoms with Crippen molar-refractivity contribution in [2.75, 3.05) is 27.2 Å². The highest BCUT2D eigenvalue weighted by atomic mass is 16.5. The molecule has 1 fully saturated rings. The number of pyridine rings is 1. The number of aromatic nitrogens is 1. The molecule has 0 aliphatic carbocycles. The van der Waals surface area contributed by atoms with Crippen LogP contribution in [0.25, 0.3) is 0 Å². The Kier molecular flexibility index (Phi) is 6.58. The van der Waals surface area contributed by atoms with Crippen molar-refractivity contribution in [3.05, 3.63) is 65.5 Å². The Morgan fingerprint density at radius 3 is 2.67 bits per heavy atom. The lowest BCUT2D eigenvalue weighted by Gasteiger charge is -2.36. The highest BCUT2D eigenvalue weighted by molar-refractivity contribution is 5.83. The third-order valence-corrected chi connectivity index (χ3v) is 5.07. The molecule has 1 atom stereocenters. The first-order valence-electron chi connectivity index (χ1n) is 9.57. The first-order chi connectivity index (χ1) is 13.0. The summed E-state index contributed by atoms with van der Waals surface area (Å²) in [5.41, 5.74) is 3.32. The molecule has 1 aromatic heterocycles. The van der Waals surface area contributed by atoms with Crippen molar-refractivity contribution >= 4 is 5.91 Å². The molecule has 0 saturated carbocycles. The second-order valence-corrected chi connectivity index (χ2v) is 7.48. The second kappa shape index (κ2) is 9.11. The average Bonchev–Trinajstić information content (AvgIpc) is 2.67. The van der Waals surface area contributed by atoms with Crippen molar-refractivity contribution in [3.63, 3.8) is 0 Å². The molecular formula is C22H29N3O2. The van der Waals surface area contributed by atoms with Gasteiger partial charge in [0.2, 0.25) is 5.91 Å². The van der Waals surface area contributed by atoms with Gasteiger partial charge in [-0.25, -0.2) is 0 Å². The minimum Gasteiger partial charge on any atom is -0.373 e. The molecule has 0 radical (unpaired) electrons. The minimum absolute atomic E-state index is 0.177. The fraction of sp³-hybridized carbons (Fsp3) is 0.455. The van der Waals surface area contributed by atoms with E-state index in [4.69, 9.17) is 4.74 Å². The number of hydrogen-bond donors (Lipinski definition) is 0. The number of benzene rings is 1. The van der Waals surface area contributed by atoms with Crippen LogP contribution in [0.15, 0.2) is 48.8 Å². The third-order valence-electron chi connectivity index (χ3n) is 5.07. The van der Waals surface area contributed by atoms with E-state index in [2.05, 4.69) is 24.0 Å². The van der Waals surface area contributed by atoms with Gasteiger partial charge in [0.15, 0.2) is 0 Å². The molecule has 0 bridgehead atoms. The molecule has 2 heterocycles. The summed E-state index contributed by atoms with van der Waals surface area (Å²) < 4.78 is 6.02. The van der Waals surface area contributed by atoms with E-state index >= 15 is 0 Å². The van der Waals surface area contributed by atoms with Crippen LogP contribution in [0.1, 0.15) is 35.6 Å². The van der Waals surface area contributed by atoms with Crippen molar-refractivity contribution in [3.8, 4) is 0 Å². The first-order valence-corrected chi connectivity index (χ1v) is 9.57. The molecule has 144 valence electrons. The predicted octanol–water partition coefficient (Wildman–Crippen LogP) is 3.20. The minimum atomic E-state index is -0.238. The number of rotatable bonds is 6. The van der Waals surface area contributed by atoms with Crippen LogP contribution in [0.4, 0.5) is 0 Å². The van der Waals surface area contributed by atoms with Gasteiger partial charge in [0.25, 0.3) is 0 Å². The molecule has 27 heavy (non-hydrogen) atoms. The number of likely N-dealkylation sites (tertiary alicyclic amines) is 1. The molecule has 3 rings (SSSR count). The number of aryl methyl sites for hydroxylation is 1. The SMILES string of the molecule is Cc1cccc(C(C(=O)N2CCC(OCc3cccnc3)CC2)N(C)C)c1. The maximum Gasteiger partial charge on any atom is 0.244 e. The summed E-state index contributed by atoms with van der Waals surface area (Å²) >= 11 is 0. The summed E-state index contributed by atoms with van der Waals surface area (Å²) in [5, 5.41) is 0. The summed E-state index contributed by atoms with van der Waals surface area (Å²) in [5.74, 6) is 0.177. The molecule has 1 aliphatic rings. The normalized spacial score (nSPS) is 16.5. The quantitative estimate of drug-likeness (QED) is 0.787. The Morgan fingerprint density at radius 1 is 1.26 bits per heavy atom. The molecule has 2 aromatic rings. The second-order valence-electron chi connectivity index (χ2n) is 7.48. The van der Waals surface area contributed by atoms with Crippen LogP contribution in [-0.4, -0.2) is 54.0 Å². The van der Waals surface area contributed by atoms with Crippen molar-refractivity contribution in [2.24, 2.45) is 0 Å². The van der Waals surface area contributed by atoms with Gasteiger partial charge in [0.1, 0.15) is 6.04 Å². The molecule has 5 nitrogen and oxygen atoms in total. The average molecular weight is 367 g/mol. The number of hydrogen-bond acceptors (Lipinski definition) is 4. The zero-order valence-electron chi connectivity index (χ0n) is 16.5. The standard InChI is InChI=1S/C22H29N3O2/c1-17-6-4-8-19(14-17)21(24(2)3)22(26)25-12-9-20(10-13-25)27-16-18-7-5-11-23-15-18/h4-8,11,14-15,20-21H,9-10,12-13,16H2,1-3H3. The molecule has 0 N–H and O–H groups in total. The maximum atomic E-state index is 13.2. The van der Waals surface area contributed by atoms with Gasteiger partial charge in [-0.2, -0.15) is 0 Å². The lowest BCUT2D eigenvalue weighted by molar-refractivity contribution is -0.139. The topological polar surface area (TPSA) is 45.7 Å². The van der Waals surface area contributed by atoms with Gasteiger partial charge in [-0.05, 0) is 51.1 Å². The monoisotopic (exact) mass is 367 g/mol. The van der Waals surface area contributed by atoms with E-state index in [1.165, 1.54) is 5.56 Å². The number of nitrogens with zero attached hydrogens (tertiary/aromatic N) is 3. The van der Waals surface area contributed by atoms with Gasteiger partial charge in [0.05, 0.1) is 12.7 Å². The molecule has 1 amide bonds. The molecule has 0 spiro atoms. The number of ether oxygens (including phenoxy) is 1. The van der Waals surface area contributed by atoms with Crippen LogP contribution in [0, 0.1) is 6.92 Å². The van der Waals surface area contributed by atoms with Crippen molar-refractivity contribution in [2.45, 2.75) is 38.5 Å². The van der Waals surface area contributed by atoms with Crippen LogP contribution in [0.3, 0.4) is 0 Å². The molecular weight excluding hydrogens is 338 g/mol. The van der Waals surface area contributed by atoms with Crippen molar-refractivity contribution < 1.29 is 9.53 Å². The van der Waals surface area contributed by atoms with Crippen LogP contribution in [-0.2, 0) is 16.1 Å². The Morgan fingerprint density at radius 2 is 2.04 bits per heavy atom. The predicted molar refractivity (Wildman–Crippen MR) is 106 cm³/mol. The van der Waals surface area contributed by atoms with Crippen LogP contribution >= 0.6 is 0 Å². The number of carbonyl (C=O) groups is 1. The van der Waals surface area contributed by atoms with Gasteiger partial charge in [-0.1, -0.05) is 35.9 Å². The van der Waals surface area contributed by atoms with Crippen LogP contribution in [0.5, 0.6) is 0 Å². The van der Waals surface area contributed by atoms with Crippen LogP contribution in [0.2, 0.25) is 0 Å². The van der Waals surface area contributed by atoms with Gasteiger partial charge < -0.3 is 9.64 Å². The lowest BCUT2D eigenvalue weighted by Crippen LogP contribution is -2.45. The Balaban J connectivity index is 1.56. The van der Waals surface area contributed by atoms with Crippen LogP contribution < -0.4 is 0 Å². The highest BCUT2D eigenvalue weighted by Gasteiger charge is 2.30. The van der Waals surface area contributed by atoms with Crippen molar-refractivity contribution in [1.82, 2.24) is 14.8 Å². The van der Waals surface area contributed by atoms with E-state index in [1.54, 1.807) is 6.20 Å². The summed E-state index contributed by atoms with van der Waals surface area (Å²) in [6.45, 7) is 4.13. The van der Waals surface area contributed by atoms with Gasteiger partial charge in [-0.3, -0.25) is 14.7 Å². The van der Waals surface area contributed by atoms with E-state index in [-0.39, 0.29) is 18.1 Å². The largest absolute Gasteiger partial charge is 0.373 e. The molecule has 1 aromatic carbocycles. The smallest absolute Gasteiger partial charge is 0.244 e.